The van der Waals surface area contributed by atoms with Crippen molar-refractivity contribution in [2.75, 3.05) is 5.32 Å². The number of carbonyl (C=O) groups excluding carboxylic acids is 1. The maximum absolute atomic E-state index is 11.7. The molecule has 0 radical (unpaired) electrons. The van der Waals surface area contributed by atoms with Crippen LogP contribution in [0, 0.1) is 0 Å². The lowest BCUT2D eigenvalue weighted by Crippen LogP contribution is -2.37. The van der Waals surface area contributed by atoms with Gasteiger partial charge in [-0.3, -0.25) is 10.1 Å². The summed E-state index contributed by atoms with van der Waals surface area (Å²) in [6, 6.07) is 9.07. The number of hydrogen-bond donors (Lipinski definition) is 2. The van der Waals surface area contributed by atoms with Gasteiger partial charge in [-0.1, -0.05) is 41.7 Å². The molecule has 1 atom stereocenters. The highest BCUT2D eigenvalue weighted by molar-refractivity contribution is 8.93. The van der Waals surface area contributed by atoms with E-state index in [1.54, 1.807) is 5.51 Å². The molecule has 7 heteroatoms. The van der Waals surface area contributed by atoms with Crippen molar-refractivity contribution in [2.45, 2.75) is 12.5 Å². The Labute approximate surface area is 119 Å². The monoisotopic (exact) mass is 328 g/mol. The topological polar surface area (TPSA) is 80.9 Å². The van der Waals surface area contributed by atoms with Gasteiger partial charge in [0, 0.05) is 0 Å². The molecule has 0 aliphatic heterocycles. The van der Waals surface area contributed by atoms with Gasteiger partial charge >= 0.3 is 0 Å². The zero-order valence-corrected chi connectivity index (χ0v) is 12.0. The molecule has 2 rings (SSSR count). The summed E-state index contributed by atoms with van der Waals surface area (Å²) in [5.74, 6) is -0.245. The van der Waals surface area contributed by atoms with Gasteiger partial charge in [0.25, 0.3) is 0 Å². The smallest absolute Gasteiger partial charge is 0.243 e. The van der Waals surface area contributed by atoms with E-state index < -0.39 is 6.04 Å². The van der Waals surface area contributed by atoms with Crippen LogP contribution in [-0.2, 0) is 11.2 Å². The zero-order valence-electron chi connectivity index (χ0n) is 9.45. The van der Waals surface area contributed by atoms with Crippen molar-refractivity contribution in [3.05, 3.63) is 41.4 Å². The predicted octanol–water partition coefficient (Wildman–Crippen LogP) is 1.62. The highest BCUT2D eigenvalue weighted by Gasteiger charge is 2.15. The summed E-state index contributed by atoms with van der Waals surface area (Å²) < 4.78 is 0. The molecule has 1 aromatic carbocycles. The van der Waals surface area contributed by atoms with E-state index in [1.807, 2.05) is 30.3 Å². The molecular formula is C11H13BrN4OS. The first kappa shape index (κ1) is 14.7. The molecule has 0 aliphatic rings. The van der Waals surface area contributed by atoms with Crippen molar-refractivity contribution >= 4 is 39.4 Å². The highest BCUT2D eigenvalue weighted by atomic mass is 79.9. The van der Waals surface area contributed by atoms with Crippen LogP contribution in [-0.4, -0.2) is 22.1 Å². The summed E-state index contributed by atoms with van der Waals surface area (Å²) >= 11 is 1.27. The number of aromatic nitrogens is 2. The number of halogens is 1. The van der Waals surface area contributed by atoms with Gasteiger partial charge in [-0.15, -0.1) is 27.2 Å². The summed E-state index contributed by atoms with van der Waals surface area (Å²) in [7, 11) is 0. The molecule has 1 aromatic heterocycles. The van der Waals surface area contributed by atoms with Crippen LogP contribution in [0.3, 0.4) is 0 Å². The van der Waals surface area contributed by atoms with Crippen LogP contribution in [0.1, 0.15) is 5.56 Å². The van der Waals surface area contributed by atoms with Crippen molar-refractivity contribution in [3.63, 3.8) is 0 Å². The molecule has 0 bridgehead atoms. The minimum absolute atomic E-state index is 0. The molecule has 0 spiro atoms. The van der Waals surface area contributed by atoms with Crippen LogP contribution in [0.15, 0.2) is 35.8 Å². The molecule has 0 saturated heterocycles. The van der Waals surface area contributed by atoms with Crippen LogP contribution < -0.4 is 11.1 Å². The van der Waals surface area contributed by atoms with Crippen LogP contribution in [0.5, 0.6) is 0 Å². The SMILES string of the molecule is Br.N[C@@H](Cc1ccccc1)C(=O)Nc1nncs1. The number of nitrogens with zero attached hydrogens (tertiary/aromatic N) is 2. The van der Waals surface area contributed by atoms with E-state index in [4.69, 9.17) is 5.73 Å². The molecule has 1 amide bonds. The van der Waals surface area contributed by atoms with Gasteiger partial charge < -0.3 is 5.73 Å². The second-order valence-corrected chi connectivity index (χ2v) is 4.36. The molecule has 2 aromatic rings. The molecule has 96 valence electrons. The number of hydrogen-bond acceptors (Lipinski definition) is 5. The lowest BCUT2D eigenvalue weighted by Gasteiger charge is -2.10. The Bertz CT molecular complexity index is 477. The van der Waals surface area contributed by atoms with Gasteiger partial charge in [-0.05, 0) is 12.0 Å². The number of amides is 1. The minimum Gasteiger partial charge on any atom is -0.320 e. The Morgan fingerprint density at radius 3 is 2.72 bits per heavy atom. The fraction of sp³-hybridized carbons (Fsp3) is 0.182. The Hall–Kier alpha value is -1.31. The molecule has 1 heterocycles. The fourth-order valence-electron chi connectivity index (χ4n) is 1.39. The van der Waals surface area contributed by atoms with Crippen molar-refractivity contribution in [1.82, 2.24) is 10.2 Å². The molecule has 0 unspecified atom stereocenters. The lowest BCUT2D eigenvalue weighted by molar-refractivity contribution is -0.117. The van der Waals surface area contributed by atoms with Crippen LogP contribution in [0.4, 0.5) is 5.13 Å². The maximum atomic E-state index is 11.7. The van der Waals surface area contributed by atoms with Crippen molar-refractivity contribution < 1.29 is 4.79 Å². The number of anilines is 1. The second kappa shape index (κ2) is 7.20. The Morgan fingerprint density at radius 2 is 2.11 bits per heavy atom. The van der Waals surface area contributed by atoms with E-state index in [-0.39, 0.29) is 22.9 Å². The molecule has 5 nitrogen and oxygen atoms in total. The third-order valence-electron chi connectivity index (χ3n) is 2.23. The average Bonchev–Trinajstić information content (AvgIpc) is 2.83. The largest absolute Gasteiger partial charge is 0.320 e. The summed E-state index contributed by atoms with van der Waals surface area (Å²) in [4.78, 5) is 11.7. The number of benzene rings is 1. The maximum Gasteiger partial charge on any atom is 0.243 e. The molecule has 0 aliphatic carbocycles. The number of rotatable bonds is 4. The summed E-state index contributed by atoms with van der Waals surface area (Å²) in [5.41, 5.74) is 8.40. The standard InChI is InChI=1S/C11H12N4OS.BrH/c12-9(6-8-4-2-1-3-5-8)10(16)14-11-15-13-7-17-11;/h1-5,7,9H,6,12H2,(H,14,15,16);1H/t9-;/m0./s1. The summed E-state index contributed by atoms with van der Waals surface area (Å²) in [6.07, 6.45) is 0.505. The number of nitrogens with two attached hydrogens (primary N) is 1. The van der Waals surface area contributed by atoms with Crippen LogP contribution in [0.25, 0.3) is 0 Å². The molecule has 0 fully saturated rings. The predicted molar refractivity (Wildman–Crippen MR) is 77.0 cm³/mol. The van der Waals surface area contributed by atoms with Crippen molar-refractivity contribution in [2.24, 2.45) is 5.73 Å². The van der Waals surface area contributed by atoms with Crippen molar-refractivity contribution in [1.29, 1.82) is 0 Å². The van der Waals surface area contributed by atoms with Crippen LogP contribution in [0.2, 0.25) is 0 Å². The quantitative estimate of drug-likeness (QED) is 0.893. The van der Waals surface area contributed by atoms with E-state index in [2.05, 4.69) is 15.5 Å². The Kier molecular flexibility index (Phi) is 5.90. The van der Waals surface area contributed by atoms with Gasteiger partial charge in [0.05, 0.1) is 6.04 Å². The molecule has 18 heavy (non-hydrogen) atoms. The first-order valence-corrected chi connectivity index (χ1v) is 6.00. The van der Waals surface area contributed by atoms with E-state index in [0.29, 0.717) is 11.6 Å². The number of carbonyl (C=O) groups is 1. The minimum atomic E-state index is -0.582. The first-order valence-electron chi connectivity index (χ1n) is 5.12. The normalized spacial score (nSPS) is 11.4. The fourth-order valence-corrected chi connectivity index (χ4v) is 1.83. The lowest BCUT2D eigenvalue weighted by atomic mass is 10.1. The van der Waals surface area contributed by atoms with Gasteiger partial charge in [0.2, 0.25) is 11.0 Å². The van der Waals surface area contributed by atoms with Crippen LogP contribution >= 0.6 is 28.3 Å². The third kappa shape index (κ3) is 4.17. The second-order valence-electron chi connectivity index (χ2n) is 3.53. The molecular weight excluding hydrogens is 316 g/mol. The van der Waals surface area contributed by atoms with Gasteiger partial charge in [-0.2, -0.15) is 0 Å². The van der Waals surface area contributed by atoms with E-state index in [0.717, 1.165) is 5.56 Å². The molecule has 3 N–H and O–H groups in total. The van der Waals surface area contributed by atoms with Gasteiger partial charge in [0.15, 0.2) is 0 Å². The van der Waals surface area contributed by atoms with E-state index >= 15 is 0 Å². The molecule has 0 saturated carbocycles. The Balaban J connectivity index is 0.00000162. The van der Waals surface area contributed by atoms with Gasteiger partial charge in [0.1, 0.15) is 5.51 Å². The van der Waals surface area contributed by atoms with Crippen molar-refractivity contribution in [3.8, 4) is 0 Å². The van der Waals surface area contributed by atoms with E-state index in [9.17, 15) is 4.79 Å². The zero-order chi connectivity index (χ0) is 12.1. The Morgan fingerprint density at radius 1 is 1.39 bits per heavy atom. The average molecular weight is 329 g/mol. The first-order chi connectivity index (χ1) is 8.25. The van der Waals surface area contributed by atoms with E-state index in [1.165, 1.54) is 11.3 Å². The summed E-state index contributed by atoms with van der Waals surface area (Å²) in [6.45, 7) is 0. The highest BCUT2D eigenvalue weighted by Crippen LogP contribution is 2.09. The third-order valence-corrected chi connectivity index (χ3v) is 2.83. The number of nitrogens with one attached hydrogen (secondary N) is 1. The van der Waals surface area contributed by atoms with Gasteiger partial charge in [-0.25, -0.2) is 0 Å². The summed E-state index contributed by atoms with van der Waals surface area (Å²) in [5, 5.41) is 10.5.